The van der Waals surface area contributed by atoms with Gasteiger partial charge in [0.15, 0.2) is 0 Å². The number of rotatable bonds is 12. The van der Waals surface area contributed by atoms with Crippen LogP contribution >= 0.6 is 0 Å². The van der Waals surface area contributed by atoms with Gasteiger partial charge in [-0.3, -0.25) is 14.8 Å². The Labute approximate surface area is 162 Å². The number of hydrogen-bond donors (Lipinski definition) is 2. The Morgan fingerprint density at radius 1 is 1.30 bits per heavy atom. The Bertz CT molecular complexity index is 652. The van der Waals surface area contributed by atoms with Crippen molar-refractivity contribution in [1.82, 2.24) is 20.5 Å². The van der Waals surface area contributed by atoms with Crippen LogP contribution in [0.5, 0.6) is 0 Å². The van der Waals surface area contributed by atoms with Crippen molar-refractivity contribution in [3.8, 4) is 0 Å². The van der Waals surface area contributed by atoms with Crippen molar-refractivity contribution >= 4 is 11.6 Å². The molecule has 1 aromatic heterocycles. The quantitative estimate of drug-likeness (QED) is 0.551. The number of nitrogens with zero attached hydrogens (tertiary/aromatic N) is 3. The fourth-order valence-electron chi connectivity index (χ4n) is 3.53. The zero-order valence-corrected chi connectivity index (χ0v) is 16.7. The smallest absolute Gasteiger partial charge is 0.233 e. The van der Waals surface area contributed by atoms with Crippen LogP contribution in [-0.2, 0) is 4.79 Å². The van der Waals surface area contributed by atoms with Crippen LogP contribution in [0.2, 0.25) is 0 Å². The summed E-state index contributed by atoms with van der Waals surface area (Å²) in [6.45, 7) is 9.48. The molecule has 2 N–H and O–H groups in total. The van der Waals surface area contributed by atoms with Gasteiger partial charge in [0.1, 0.15) is 0 Å². The van der Waals surface area contributed by atoms with E-state index in [-0.39, 0.29) is 11.8 Å². The lowest BCUT2D eigenvalue weighted by Gasteiger charge is -2.17. The van der Waals surface area contributed by atoms with Gasteiger partial charge in [0.25, 0.3) is 0 Å². The van der Waals surface area contributed by atoms with Crippen LogP contribution in [0, 0.1) is 0 Å². The van der Waals surface area contributed by atoms with E-state index in [2.05, 4.69) is 40.4 Å². The number of fused-ring (bicyclic) bond motifs is 2. The van der Waals surface area contributed by atoms with Gasteiger partial charge < -0.3 is 15.5 Å². The lowest BCUT2D eigenvalue weighted by atomic mass is 10.0. The summed E-state index contributed by atoms with van der Waals surface area (Å²) in [5.74, 6) is 0.244. The maximum absolute atomic E-state index is 12.1. The summed E-state index contributed by atoms with van der Waals surface area (Å²) in [6, 6.07) is 4.66. The highest BCUT2D eigenvalue weighted by Gasteiger charge is 2.31. The second kappa shape index (κ2) is 9.95. The molecule has 2 aliphatic carbocycles. The Morgan fingerprint density at radius 2 is 2.11 bits per heavy atom. The summed E-state index contributed by atoms with van der Waals surface area (Å²) in [6.07, 6.45) is 6.41. The van der Waals surface area contributed by atoms with E-state index in [4.69, 9.17) is 4.99 Å². The summed E-state index contributed by atoms with van der Waals surface area (Å²) in [4.78, 5) is 23.8. The average molecular weight is 372 g/mol. The molecule has 0 radical (unpaired) electrons. The highest BCUT2D eigenvalue weighted by molar-refractivity contribution is 6.08. The summed E-state index contributed by atoms with van der Waals surface area (Å²) in [7, 11) is 0. The van der Waals surface area contributed by atoms with Gasteiger partial charge in [0.2, 0.25) is 5.91 Å². The number of carbonyl (C=O) groups is 1. The Morgan fingerprint density at radius 3 is 2.85 bits per heavy atom. The number of aliphatic imine (C=N–C) groups is 1. The van der Waals surface area contributed by atoms with Crippen LogP contribution in [0.4, 0.5) is 0 Å². The topological polar surface area (TPSA) is 69.6 Å². The lowest BCUT2D eigenvalue weighted by molar-refractivity contribution is -0.120. The molecule has 27 heavy (non-hydrogen) atoms. The molecule has 0 aliphatic heterocycles. The molecule has 0 saturated heterocycles. The van der Waals surface area contributed by atoms with Crippen LogP contribution in [0.15, 0.2) is 23.3 Å². The van der Waals surface area contributed by atoms with Gasteiger partial charge in [-0.1, -0.05) is 13.8 Å². The number of amides is 1. The van der Waals surface area contributed by atoms with Crippen LogP contribution in [0.3, 0.4) is 0 Å². The molecule has 0 spiro atoms. The zero-order chi connectivity index (χ0) is 19.1. The molecule has 148 valence electrons. The molecule has 1 saturated carbocycles. The molecule has 3 rings (SSSR count). The van der Waals surface area contributed by atoms with Crippen LogP contribution in [0.25, 0.3) is 0 Å². The number of carbonyl (C=O) groups excluding carboxylic acids is 1. The molecular weight excluding hydrogens is 338 g/mol. The van der Waals surface area contributed by atoms with E-state index >= 15 is 0 Å². The van der Waals surface area contributed by atoms with Crippen molar-refractivity contribution in [3.63, 3.8) is 0 Å². The molecule has 1 aromatic rings. The highest BCUT2D eigenvalue weighted by Crippen LogP contribution is 2.32. The van der Waals surface area contributed by atoms with E-state index in [1.54, 1.807) is 0 Å². The van der Waals surface area contributed by atoms with E-state index < -0.39 is 0 Å². The predicted octanol–water partition coefficient (Wildman–Crippen LogP) is 1.96. The SMILES string of the molecule is CCN(CC)CCCCNC(=O)CNCC1C(=NC2CC2)c2ccnc1c2. The molecular formula is C21H33N5O. The second-order valence-corrected chi connectivity index (χ2v) is 7.48. The van der Waals surface area contributed by atoms with Gasteiger partial charge >= 0.3 is 0 Å². The predicted molar refractivity (Wildman–Crippen MR) is 109 cm³/mol. The minimum atomic E-state index is 0.0659. The summed E-state index contributed by atoms with van der Waals surface area (Å²) in [5, 5.41) is 6.31. The minimum Gasteiger partial charge on any atom is -0.355 e. The van der Waals surface area contributed by atoms with Gasteiger partial charge in [0.05, 0.1) is 29.9 Å². The molecule has 1 atom stereocenters. The molecule has 6 heteroatoms. The highest BCUT2D eigenvalue weighted by atomic mass is 16.1. The number of aromatic nitrogens is 1. The first-order valence-corrected chi connectivity index (χ1v) is 10.4. The zero-order valence-electron chi connectivity index (χ0n) is 16.7. The van der Waals surface area contributed by atoms with Crippen molar-refractivity contribution in [1.29, 1.82) is 0 Å². The molecule has 2 aliphatic rings. The number of pyridine rings is 1. The molecule has 0 aromatic carbocycles. The molecule has 2 bridgehead atoms. The van der Waals surface area contributed by atoms with Crippen molar-refractivity contribution in [2.24, 2.45) is 4.99 Å². The van der Waals surface area contributed by atoms with Crippen LogP contribution in [0.1, 0.15) is 56.7 Å². The van der Waals surface area contributed by atoms with E-state index in [0.29, 0.717) is 19.1 Å². The fraction of sp³-hybridized carbons (Fsp3) is 0.667. The third-order valence-electron chi connectivity index (χ3n) is 5.38. The lowest BCUT2D eigenvalue weighted by Crippen LogP contribution is -2.37. The summed E-state index contributed by atoms with van der Waals surface area (Å²) < 4.78 is 0. The van der Waals surface area contributed by atoms with Crippen molar-refractivity contribution < 1.29 is 4.79 Å². The second-order valence-electron chi connectivity index (χ2n) is 7.48. The van der Waals surface area contributed by atoms with Crippen LogP contribution in [-0.4, -0.2) is 66.8 Å². The van der Waals surface area contributed by atoms with Gasteiger partial charge in [-0.25, -0.2) is 0 Å². The fourth-order valence-corrected chi connectivity index (χ4v) is 3.53. The Kier molecular flexibility index (Phi) is 7.35. The number of hydrogen-bond acceptors (Lipinski definition) is 5. The van der Waals surface area contributed by atoms with Crippen LogP contribution < -0.4 is 10.6 Å². The van der Waals surface area contributed by atoms with Gasteiger partial charge in [-0.05, 0) is 63.0 Å². The molecule has 1 unspecified atom stereocenters. The maximum Gasteiger partial charge on any atom is 0.233 e. The third-order valence-corrected chi connectivity index (χ3v) is 5.38. The van der Waals surface area contributed by atoms with Crippen molar-refractivity contribution in [2.45, 2.75) is 51.5 Å². The number of nitrogens with one attached hydrogen (secondary N) is 2. The Hall–Kier alpha value is -1.79. The molecule has 1 amide bonds. The first-order valence-electron chi connectivity index (χ1n) is 10.4. The average Bonchev–Trinajstić information content (AvgIpc) is 3.47. The number of unbranched alkanes of at least 4 members (excludes halogenated alkanes) is 1. The molecule has 1 heterocycles. The van der Waals surface area contributed by atoms with Crippen molar-refractivity contribution in [2.75, 3.05) is 39.3 Å². The molecule has 1 fully saturated rings. The van der Waals surface area contributed by atoms with E-state index in [9.17, 15) is 4.79 Å². The molecule has 6 nitrogen and oxygen atoms in total. The normalized spacial score (nSPS) is 19.8. The largest absolute Gasteiger partial charge is 0.355 e. The first-order chi connectivity index (χ1) is 13.2. The van der Waals surface area contributed by atoms with Gasteiger partial charge in [-0.2, -0.15) is 0 Å². The Balaban J connectivity index is 1.34. The third kappa shape index (κ3) is 5.84. The monoisotopic (exact) mass is 371 g/mol. The summed E-state index contributed by atoms with van der Waals surface area (Å²) >= 11 is 0. The van der Waals surface area contributed by atoms with E-state index in [1.165, 1.54) is 18.4 Å². The first kappa shape index (κ1) is 20.0. The van der Waals surface area contributed by atoms with E-state index in [0.717, 1.165) is 50.4 Å². The van der Waals surface area contributed by atoms with Gasteiger partial charge in [0, 0.05) is 19.3 Å². The maximum atomic E-state index is 12.1. The summed E-state index contributed by atoms with van der Waals surface area (Å²) in [5.41, 5.74) is 3.40. The standard InChI is InChI=1S/C21H33N5O/c1-3-26(4-2)12-6-5-10-24-20(27)15-22-14-18-19-13-16(9-11-23-19)21(18)25-17-7-8-17/h9,11,13,17-18,22H,3-8,10,12,14-15H2,1-2H3,(H,24,27). The van der Waals surface area contributed by atoms with Gasteiger partial charge in [-0.15, -0.1) is 0 Å². The van der Waals surface area contributed by atoms with E-state index in [1.807, 2.05) is 12.3 Å². The minimum absolute atomic E-state index is 0.0659. The van der Waals surface area contributed by atoms with Crippen molar-refractivity contribution in [3.05, 3.63) is 29.6 Å².